The molecule has 0 spiro atoms. The number of nitrogens with zero attached hydrogens (tertiary/aromatic N) is 1. The van der Waals surface area contributed by atoms with Crippen molar-refractivity contribution in [3.8, 4) is 0 Å². The summed E-state index contributed by atoms with van der Waals surface area (Å²) in [6, 6.07) is 0.322. The first-order valence-corrected chi connectivity index (χ1v) is 4.61. The normalized spacial score (nSPS) is 27.2. The second-order valence-electron chi connectivity index (χ2n) is 3.27. The van der Waals surface area contributed by atoms with Crippen molar-refractivity contribution in [1.82, 2.24) is 0 Å². The van der Waals surface area contributed by atoms with E-state index in [1.165, 1.54) is 0 Å². The van der Waals surface area contributed by atoms with Gasteiger partial charge in [0.1, 0.15) is 6.61 Å². The first-order valence-electron chi connectivity index (χ1n) is 4.61. The minimum atomic E-state index is 0.322. The van der Waals surface area contributed by atoms with Crippen LogP contribution in [0.5, 0.6) is 0 Å². The second kappa shape index (κ2) is 5.02. The van der Waals surface area contributed by atoms with E-state index in [0.717, 1.165) is 5.90 Å². The molecule has 0 aromatic carbocycles. The third-order valence-electron chi connectivity index (χ3n) is 2.17. The fourth-order valence-corrected chi connectivity index (χ4v) is 1.07. The number of rotatable bonds is 3. The van der Waals surface area contributed by atoms with Crippen LogP contribution in [0.15, 0.2) is 17.1 Å². The minimum absolute atomic E-state index is 0.322. The lowest BCUT2D eigenvalue weighted by molar-refractivity contribution is 0.141. The lowest BCUT2D eigenvalue weighted by atomic mass is 10.0. The highest BCUT2D eigenvalue weighted by Crippen LogP contribution is 2.13. The van der Waals surface area contributed by atoms with Crippen molar-refractivity contribution >= 4 is 5.90 Å². The molecule has 0 saturated carbocycles. The lowest BCUT2D eigenvalue weighted by Gasteiger charge is -2.18. The van der Waals surface area contributed by atoms with Crippen LogP contribution in [-0.4, -0.2) is 32.3 Å². The molecule has 0 N–H and O–H groups in total. The molecule has 0 bridgehead atoms. The SMILES string of the molecule is COCCOC1=N[C@@H](C)[C@@H](C)C=C1. The average Bonchev–Trinajstić information content (AvgIpc) is 2.12. The standard InChI is InChI=1S/C10H17NO2/c1-8-4-5-10(11-9(8)2)13-7-6-12-3/h4-5,8-9H,6-7H2,1-3H3/t8-,9-/m0/s1. The van der Waals surface area contributed by atoms with E-state index in [-0.39, 0.29) is 0 Å². The molecule has 74 valence electrons. The van der Waals surface area contributed by atoms with E-state index in [1.54, 1.807) is 7.11 Å². The molecule has 1 aliphatic heterocycles. The van der Waals surface area contributed by atoms with Crippen LogP contribution in [0.4, 0.5) is 0 Å². The Morgan fingerprint density at radius 2 is 2.15 bits per heavy atom. The summed E-state index contributed by atoms with van der Waals surface area (Å²) < 4.78 is 10.3. The molecule has 0 aromatic rings. The zero-order valence-corrected chi connectivity index (χ0v) is 8.49. The summed E-state index contributed by atoms with van der Waals surface area (Å²) in [5, 5.41) is 0. The fourth-order valence-electron chi connectivity index (χ4n) is 1.07. The molecule has 2 atom stereocenters. The summed E-state index contributed by atoms with van der Waals surface area (Å²) in [4.78, 5) is 4.39. The maximum absolute atomic E-state index is 5.38. The van der Waals surface area contributed by atoms with Crippen LogP contribution in [0.25, 0.3) is 0 Å². The zero-order valence-electron chi connectivity index (χ0n) is 8.49. The molecule has 0 fully saturated rings. The van der Waals surface area contributed by atoms with Crippen molar-refractivity contribution in [2.45, 2.75) is 19.9 Å². The number of methoxy groups -OCH3 is 1. The molecular formula is C10H17NO2. The van der Waals surface area contributed by atoms with Crippen molar-refractivity contribution in [3.63, 3.8) is 0 Å². The Kier molecular flexibility index (Phi) is 3.96. The first kappa shape index (κ1) is 10.3. The molecule has 0 aliphatic carbocycles. The molecule has 13 heavy (non-hydrogen) atoms. The maximum atomic E-state index is 5.38. The highest BCUT2D eigenvalue weighted by atomic mass is 16.5. The Balaban J connectivity index is 2.35. The molecule has 0 amide bonds. The molecule has 3 nitrogen and oxygen atoms in total. The number of hydrogen-bond acceptors (Lipinski definition) is 3. The second-order valence-corrected chi connectivity index (χ2v) is 3.27. The highest BCUT2D eigenvalue weighted by Gasteiger charge is 2.13. The number of ether oxygens (including phenoxy) is 2. The van der Waals surface area contributed by atoms with Gasteiger partial charge in [-0.3, -0.25) is 0 Å². The van der Waals surface area contributed by atoms with Gasteiger partial charge in [-0.1, -0.05) is 13.0 Å². The topological polar surface area (TPSA) is 30.8 Å². The minimum Gasteiger partial charge on any atom is -0.475 e. The Bertz CT molecular complexity index is 211. The van der Waals surface area contributed by atoms with Crippen LogP contribution in [-0.2, 0) is 9.47 Å². The van der Waals surface area contributed by atoms with Crippen LogP contribution in [0, 0.1) is 5.92 Å². The zero-order chi connectivity index (χ0) is 9.68. The van der Waals surface area contributed by atoms with E-state index in [9.17, 15) is 0 Å². The molecule has 1 heterocycles. The van der Waals surface area contributed by atoms with Gasteiger partial charge in [0.25, 0.3) is 0 Å². The summed E-state index contributed by atoms with van der Waals surface area (Å²) in [5.41, 5.74) is 0. The lowest BCUT2D eigenvalue weighted by Crippen LogP contribution is -2.19. The van der Waals surface area contributed by atoms with Gasteiger partial charge in [-0.05, 0) is 18.9 Å². The third kappa shape index (κ3) is 3.19. The Morgan fingerprint density at radius 1 is 1.38 bits per heavy atom. The van der Waals surface area contributed by atoms with Crippen LogP contribution < -0.4 is 0 Å². The number of hydrogen-bond donors (Lipinski definition) is 0. The quantitative estimate of drug-likeness (QED) is 0.623. The molecule has 0 saturated heterocycles. The average molecular weight is 183 g/mol. The molecule has 0 unspecified atom stereocenters. The van der Waals surface area contributed by atoms with Crippen molar-refractivity contribution in [3.05, 3.63) is 12.2 Å². The largest absolute Gasteiger partial charge is 0.475 e. The molecular weight excluding hydrogens is 166 g/mol. The smallest absolute Gasteiger partial charge is 0.208 e. The molecule has 1 rings (SSSR count). The number of aliphatic imine (C=N–C) groups is 1. The van der Waals surface area contributed by atoms with Gasteiger partial charge in [0, 0.05) is 7.11 Å². The van der Waals surface area contributed by atoms with Gasteiger partial charge in [0.15, 0.2) is 0 Å². The summed E-state index contributed by atoms with van der Waals surface area (Å²) in [6.45, 7) is 5.42. The van der Waals surface area contributed by atoms with E-state index in [2.05, 4.69) is 24.9 Å². The molecule has 1 aliphatic rings. The van der Waals surface area contributed by atoms with Crippen molar-refractivity contribution in [2.75, 3.05) is 20.3 Å². The Hall–Kier alpha value is -0.830. The van der Waals surface area contributed by atoms with Crippen molar-refractivity contribution in [2.24, 2.45) is 10.9 Å². The van der Waals surface area contributed by atoms with Crippen LogP contribution >= 0.6 is 0 Å². The van der Waals surface area contributed by atoms with Crippen LogP contribution in [0.1, 0.15) is 13.8 Å². The summed E-state index contributed by atoms with van der Waals surface area (Å²) in [6.07, 6.45) is 4.06. The fraction of sp³-hybridized carbons (Fsp3) is 0.700. The molecule has 0 radical (unpaired) electrons. The molecule has 0 aromatic heterocycles. The predicted molar refractivity (Wildman–Crippen MR) is 53.0 cm³/mol. The van der Waals surface area contributed by atoms with E-state index >= 15 is 0 Å². The van der Waals surface area contributed by atoms with Gasteiger partial charge in [-0.15, -0.1) is 0 Å². The first-order chi connectivity index (χ1) is 6.24. The van der Waals surface area contributed by atoms with Gasteiger partial charge in [0.05, 0.1) is 12.6 Å². The van der Waals surface area contributed by atoms with Gasteiger partial charge < -0.3 is 9.47 Å². The Morgan fingerprint density at radius 3 is 2.77 bits per heavy atom. The van der Waals surface area contributed by atoms with Crippen LogP contribution in [0.2, 0.25) is 0 Å². The van der Waals surface area contributed by atoms with E-state index in [1.807, 2.05) is 6.08 Å². The van der Waals surface area contributed by atoms with Crippen molar-refractivity contribution in [1.29, 1.82) is 0 Å². The van der Waals surface area contributed by atoms with Crippen LogP contribution in [0.3, 0.4) is 0 Å². The number of dihydropyridines is 1. The van der Waals surface area contributed by atoms with Gasteiger partial charge >= 0.3 is 0 Å². The summed E-state index contributed by atoms with van der Waals surface area (Å²) >= 11 is 0. The van der Waals surface area contributed by atoms with Gasteiger partial charge in [-0.25, -0.2) is 4.99 Å². The van der Waals surface area contributed by atoms with E-state index in [0.29, 0.717) is 25.2 Å². The Labute approximate surface area is 79.5 Å². The third-order valence-corrected chi connectivity index (χ3v) is 2.17. The highest BCUT2D eigenvalue weighted by molar-refractivity contribution is 5.88. The predicted octanol–water partition coefficient (Wildman–Crippen LogP) is 1.64. The van der Waals surface area contributed by atoms with E-state index in [4.69, 9.17) is 9.47 Å². The monoisotopic (exact) mass is 183 g/mol. The molecule has 3 heteroatoms. The maximum Gasteiger partial charge on any atom is 0.208 e. The van der Waals surface area contributed by atoms with Gasteiger partial charge in [-0.2, -0.15) is 0 Å². The van der Waals surface area contributed by atoms with Crippen molar-refractivity contribution < 1.29 is 9.47 Å². The summed E-state index contributed by atoms with van der Waals surface area (Å²) in [5.74, 6) is 1.23. The van der Waals surface area contributed by atoms with Gasteiger partial charge in [0.2, 0.25) is 5.90 Å². The summed E-state index contributed by atoms with van der Waals surface area (Å²) in [7, 11) is 1.66. The van der Waals surface area contributed by atoms with E-state index < -0.39 is 0 Å².